The van der Waals surface area contributed by atoms with Crippen molar-refractivity contribution in [3.05, 3.63) is 0 Å². The van der Waals surface area contributed by atoms with Gasteiger partial charge in [-0.1, -0.05) is 219 Å². The fourth-order valence-electron chi connectivity index (χ4n) is 6.66. The minimum absolute atomic E-state index is 0.0305. The van der Waals surface area contributed by atoms with Crippen LogP contribution in [0.3, 0.4) is 0 Å². The van der Waals surface area contributed by atoms with Crippen molar-refractivity contribution in [3.8, 4) is 0 Å². The third kappa shape index (κ3) is 34.5. The third-order valence-corrected chi connectivity index (χ3v) is 9.87. The minimum Gasteiger partial charge on any atom is -0.394 e. The summed E-state index contributed by atoms with van der Waals surface area (Å²) in [6.45, 7) is 4.36. The number of amides is 1. The van der Waals surface area contributed by atoms with E-state index >= 15 is 0 Å². The lowest BCUT2D eigenvalue weighted by atomic mass is 10.0. The number of unbranched alkanes of at least 4 members (excludes halogenated alkanes) is 31. The van der Waals surface area contributed by atoms with Gasteiger partial charge in [-0.25, -0.2) is 0 Å². The van der Waals surface area contributed by atoms with Gasteiger partial charge in [-0.15, -0.1) is 0 Å². The number of carbonyl (C=O) groups is 1. The quantitative estimate of drug-likeness (QED) is 0.0590. The normalized spacial score (nSPS) is 12.9. The molecule has 0 aliphatic carbocycles. The molecule has 0 aromatic carbocycles. The summed E-state index contributed by atoms with van der Waals surface area (Å²) in [7, 11) is 0. The molecule has 0 rings (SSSR count). The molecule has 0 saturated heterocycles. The fraction of sp³-hybridized carbons (Fsp3) is 0.976. The Hall–Kier alpha value is -0.610. The first-order valence-electron chi connectivity index (χ1n) is 20.7. The van der Waals surface area contributed by atoms with E-state index in [-0.39, 0.29) is 12.5 Å². The Morgan fingerprint density at radius 2 is 0.711 bits per heavy atom. The van der Waals surface area contributed by atoms with Crippen molar-refractivity contribution in [1.82, 2.24) is 5.32 Å². The number of aliphatic hydroxyl groups excluding tert-OH is 2. The van der Waals surface area contributed by atoms with E-state index in [4.69, 9.17) is 0 Å². The Morgan fingerprint density at radius 1 is 0.444 bits per heavy atom. The second kappa shape index (κ2) is 37.8. The van der Waals surface area contributed by atoms with Crippen molar-refractivity contribution >= 4 is 5.91 Å². The van der Waals surface area contributed by atoms with Gasteiger partial charge >= 0.3 is 0 Å². The Bertz CT molecular complexity index is 569. The van der Waals surface area contributed by atoms with E-state index in [0.29, 0.717) is 12.8 Å². The number of nitrogens with one attached hydrogen (secondary N) is 1. The molecule has 0 saturated carbocycles. The van der Waals surface area contributed by atoms with Gasteiger partial charge < -0.3 is 15.5 Å². The molecule has 0 bridgehead atoms. The number of aliphatic hydroxyl groups is 2. The average molecular weight is 638 g/mol. The highest BCUT2D eigenvalue weighted by Crippen LogP contribution is 2.17. The summed E-state index contributed by atoms with van der Waals surface area (Å²) in [5.41, 5.74) is 0. The van der Waals surface area contributed by atoms with Crippen LogP contribution in [-0.2, 0) is 4.79 Å². The summed E-state index contributed by atoms with van der Waals surface area (Å²) < 4.78 is 0. The Balaban J connectivity index is 3.43. The molecular formula is C41H83NO3. The monoisotopic (exact) mass is 638 g/mol. The number of carbonyl (C=O) groups excluding carboxylic acids is 1. The molecule has 0 aromatic rings. The summed E-state index contributed by atoms with van der Waals surface area (Å²) in [5, 5.41) is 23.1. The van der Waals surface area contributed by atoms with Gasteiger partial charge in [0.15, 0.2) is 0 Å². The van der Waals surface area contributed by atoms with E-state index in [2.05, 4.69) is 19.2 Å². The maximum absolute atomic E-state index is 12.3. The van der Waals surface area contributed by atoms with Crippen molar-refractivity contribution in [2.24, 2.45) is 0 Å². The lowest BCUT2D eigenvalue weighted by Gasteiger charge is -2.22. The number of rotatable bonds is 38. The minimum atomic E-state index is -0.651. The number of hydrogen-bond donors (Lipinski definition) is 3. The maximum Gasteiger partial charge on any atom is 0.220 e. The van der Waals surface area contributed by atoms with Crippen LogP contribution in [0.2, 0.25) is 0 Å². The molecule has 4 heteroatoms. The first-order chi connectivity index (χ1) is 22.2. The molecule has 3 N–H and O–H groups in total. The van der Waals surface area contributed by atoms with Crippen LogP contribution < -0.4 is 5.32 Å². The van der Waals surface area contributed by atoms with Gasteiger partial charge in [-0.05, 0) is 12.8 Å². The molecule has 4 nitrogen and oxygen atoms in total. The smallest absolute Gasteiger partial charge is 0.220 e. The predicted octanol–water partition coefficient (Wildman–Crippen LogP) is 12.5. The van der Waals surface area contributed by atoms with Crippen molar-refractivity contribution < 1.29 is 15.0 Å². The lowest BCUT2D eigenvalue weighted by molar-refractivity contribution is -0.123. The summed E-state index contributed by atoms with van der Waals surface area (Å²) in [4.78, 5) is 12.3. The van der Waals surface area contributed by atoms with Crippen LogP contribution in [0.15, 0.2) is 0 Å². The molecule has 1 amide bonds. The highest BCUT2D eigenvalue weighted by molar-refractivity contribution is 5.76. The molecule has 0 aromatic heterocycles. The SMILES string of the molecule is CCCCCCCCCCCCCCCCCCCCCCCCCC(O)C(CO)NC(=O)CCCCCCCCCCCC. The molecule has 45 heavy (non-hydrogen) atoms. The van der Waals surface area contributed by atoms with Crippen LogP contribution >= 0.6 is 0 Å². The predicted molar refractivity (Wildman–Crippen MR) is 198 cm³/mol. The fourth-order valence-corrected chi connectivity index (χ4v) is 6.66. The average Bonchev–Trinajstić information content (AvgIpc) is 3.04. The Labute approximate surface area is 283 Å². The molecule has 0 aliphatic heterocycles. The van der Waals surface area contributed by atoms with Gasteiger partial charge in [-0.2, -0.15) is 0 Å². The molecule has 0 spiro atoms. The van der Waals surface area contributed by atoms with Gasteiger partial charge in [0, 0.05) is 6.42 Å². The topological polar surface area (TPSA) is 69.6 Å². The van der Waals surface area contributed by atoms with Crippen LogP contribution in [0.1, 0.15) is 239 Å². The molecule has 2 atom stereocenters. The zero-order valence-corrected chi connectivity index (χ0v) is 30.9. The molecule has 270 valence electrons. The molecule has 0 fully saturated rings. The summed E-state index contributed by atoms with van der Waals surface area (Å²) >= 11 is 0. The molecule has 0 aliphatic rings. The van der Waals surface area contributed by atoms with E-state index in [1.807, 2.05) is 0 Å². The van der Waals surface area contributed by atoms with Crippen LogP contribution in [0.25, 0.3) is 0 Å². The van der Waals surface area contributed by atoms with Gasteiger partial charge in [0.25, 0.3) is 0 Å². The molecule has 0 radical (unpaired) electrons. The van der Waals surface area contributed by atoms with E-state index in [1.54, 1.807) is 0 Å². The second-order valence-corrected chi connectivity index (χ2v) is 14.4. The largest absolute Gasteiger partial charge is 0.394 e. The van der Waals surface area contributed by atoms with E-state index in [9.17, 15) is 15.0 Å². The second-order valence-electron chi connectivity index (χ2n) is 14.4. The van der Waals surface area contributed by atoms with Crippen LogP contribution in [-0.4, -0.2) is 34.9 Å². The summed E-state index contributed by atoms with van der Waals surface area (Å²) in [6, 6.07) is -0.527. The standard InChI is InChI=1S/C41H83NO3/c1-3-5-7-9-11-13-15-16-17-18-19-20-21-22-23-24-25-26-27-28-30-32-34-36-40(44)39(38-43)42-41(45)37-35-33-31-29-14-12-10-8-6-4-2/h39-40,43-44H,3-38H2,1-2H3,(H,42,45). The van der Waals surface area contributed by atoms with Crippen LogP contribution in [0.4, 0.5) is 0 Å². The van der Waals surface area contributed by atoms with Crippen LogP contribution in [0, 0.1) is 0 Å². The molecule has 2 unspecified atom stereocenters. The highest BCUT2D eigenvalue weighted by atomic mass is 16.3. The Morgan fingerprint density at radius 3 is 1.00 bits per heavy atom. The maximum atomic E-state index is 12.3. The zero-order valence-electron chi connectivity index (χ0n) is 30.9. The van der Waals surface area contributed by atoms with E-state index in [0.717, 1.165) is 25.7 Å². The lowest BCUT2D eigenvalue weighted by Crippen LogP contribution is -2.45. The third-order valence-electron chi connectivity index (χ3n) is 9.87. The summed E-state index contributed by atoms with van der Waals surface area (Å²) in [6.07, 6.45) is 44.7. The van der Waals surface area contributed by atoms with Gasteiger partial charge in [0.1, 0.15) is 0 Å². The van der Waals surface area contributed by atoms with Crippen molar-refractivity contribution in [2.75, 3.05) is 6.61 Å². The van der Waals surface area contributed by atoms with Gasteiger partial charge in [0.2, 0.25) is 5.91 Å². The van der Waals surface area contributed by atoms with Gasteiger partial charge in [0.05, 0.1) is 18.8 Å². The Kier molecular flexibility index (Phi) is 37.3. The first kappa shape index (κ1) is 44.4. The van der Waals surface area contributed by atoms with Crippen molar-refractivity contribution in [3.63, 3.8) is 0 Å². The van der Waals surface area contributed by atoms with E-state index < -0.39 is 12.1 Å². The van der Waals surface area contributed by atoms with Crippen LogP contribution in [0.5, 0.6) is 0 Å². The highest BCUT2D eigenvalue weighted by Gasteiger charge is 2.19. The van der Waals surface area contributed by atoms with E-state index in [1.165, 1.54) is 186 Å². The summed E-state index contributed by atoms with van der Waals surface area (Å²) in [5.74, 6) is -0.0305. The van der Waals surface area contributed by atoms with Crippen molar-refractivity contribution in [1.29, 1.82) is 0 Å². The van der Waals surface area contributed by atoms with Gasteiger partial charge in [-0.3, -0.25) is 4.79 Å². The first-order valence-corrected chi connectivity index (χ1v) is 20.7. The molecule has 0 heterocycles. The number of hydrogen-bond acceptors (Lipinski definition) is 3. The van der Waals surface area contributed by atoms with Crippen molar-refractivity contribution in [2.45, 2.75) is 251 Å². The molecular weight excluding hydrogens is 554 g/mol. The zero-order chi connectivity index (χ0) is 32.9.